The quantitative estimate of drug-likeness (QED) is 0.664. The minimum Gasteiger partial charge on any atom is -0.0653 e. The lowest BCUT2D eigenvalue weighted by Crippen LogP contribution is -1.99. The molecule has 0 aromatic heterocycles. The Morgan fingerprint density at radius 1 is 0.933 bits per heavy atom. The molecule has 0 N–H and O–H groups in total. The summed E-state index contributed by atoms with van der Waals surface area (Å²) < 4.78 is 0. The molecule has 1 aromatic rings. The molecular weight excluding hydrogens is 180 g/mol. The second kappa shape index (κ2) is 4.65. The number of benzene rings is 1. The van der Waals surface area contributed by atoms with Crippen LogP contribution in [0.5, 0.6) is 0 Å². The molecule has 0 unspecified atom stereocenters. The van der Waals surface area contributed by atoms with E-state index in [-0.39, 0.29) is 0 Å². The van der Waals surface area contributed by atoms with Crippen molar-refractivity contribution in [3.8, 4) is 0 Å². The minimum absolute atomic E-state index is 1.23. The van der Waals surface area contributed by atoms with Crippen molar-refractivity contribution in [3.63, 3.8) is 0 Å². The summed E-state index contributed by atoms with van der Waals surface area (Å²) in [7, 11) is 0. The molecule has 2 rings (SSSR count). The van der Waals surface area contributed by atoms with Crippen molar-refractivity contribution in [2.45, 2.75) is 39.5 Å². The van der Waals surface area contributed by atoms with E-state index in [1.807, 2.05) is 0 Å². The molecule has 0 spiro atoms. The lowest BCUT2D eigenvalue weighted by Gasteiger charge is -2.14. The molecule has 0 amide bonds. The first kappa shape index (κ1) is 10.5. The van der Waals surface area contributed by atoms with Crippen LogP contribution in [-0.4, -0.2) is 0 Å². The molecule has 1 aliphatic rings. The van der Waals surface area contributed by atoms with Crippen LogP contribution in [0.15, 0.2) is 29.8 Å². The van der Waals surface area contributed by atoms with Crippen molar-refractivity contribution in [2.75, 3.05) is 0 Å². The topological polar surface area (TPSA) is 0 Å². The van der Waals surface area contributed by atoms with Gasteiger partial charge in [-0.15, -0.1) is 0 Å². The molecule has 0 atom stereocenters. The Kier molecular flexibility index (Phi) is 3.25. The third-order valence-electron chi connectivity index (χ3n) is 3.02. The van der Waals surface area contributed by atoms with Crippen LogP contribution in [0.1, 0.15) is 50.7 Å². The standard InChI is InChI=1S/C15H19/c1-3-7-12-11-13-9-5-6-10-15(13)14(12)8-4-2/h5-6,9-11H,3-4,7-8H2,1-2H3. The highest BCUT2D eigenvalue weighted by atomic mass is 14.3. The van der Waals surface area contributed by atoms with Crippen molar-refractivity contribution in [3.05, 3.63) is 46.9 Å². The van der Waals surface area contributed by atoms with E-state index in [9.17, 15) is 0 Å². The zero-order valence-electron chi connectivity index (χ0n) is 9.72. The molecule has 0 heterocycles. The molecule has 1 aromatic carbocycles. The molecule has 0 fully saturated rings. The Balaban J connectivity index is 2.29. The smallest absolute Gasteiger partial charge is 0.0305 e. The van der Waals surface area contributed by atoms with Gasteiger partial charge in [-0.1, -0.05) is 62.6 Å². The largest absolute Gasteiger partial charge is 0.0653 e. The molecule has 1 radical (unpaired) electrons. The van der Waals surface area contributed by atoms with Crippen LogP contribution >= 0.6 is 0 Å². The van der Waals surface area contributed by atoms with Gasteiger partial charge in [0.15, 0.2) is 0 Å². The third kappa shape index (κ3) is 1.99. The summed E-state index contributed by atoms with van der Waals surface area (Å²) >= 11 is 0. The average molecular weight is 199 g/mol. The molecule has 0 nitrogen and oxygen atoms in total. The van der Waals surface area contributed by atoms with Crippen molar-refractivity contribution in [1.82, 2.24) is 0 Å². The Bertz CT molecular complexity index is 360. The van der Waals surface area contributed by atoms with E-state index in [4.69, 9.17) is 0 Å². The number of allylic oxidation sites excluding steroid dienone is 1. The van der Waals surface area contributed by atoms with Crippen LogP contribution in [0.3, 0.4) is 0 Å². The highest BCUT2D eigenvalue weighted by Gasteiger charge is 2.23. The Morgan fingerprint density at radius 3 is 2.40 bits per heavy atom. The van der Waals surface area contributed by atoms with E-state index in [0.717, 1.165) is 0 Å². The van der Waals surface area contributed by atoms with Crippen molar-refractivity contribution in [2.24, 2.45) is 0 Å². The van der Waals surface area contributed by atoms with E-state index >= 15 is 0 Å². The van der Waals surface area contributed by atoms with Gasteiger partial charge in [0.1, 0.15) is 0 Å². The first-order chi connectivity index (χ1) is 7.36. The van der Waals surface area contributed by atoms with Gasteiger partial charge >= 0.3 is 0 Å². The lowest BCUT2D eigenvalue weighted by atomic mass is 9.89. The molecule has 0 saturated carbocycles. The van der Waals surface area contributed by atoms with Crippen LogP contribution in [0.4, 0.5) is 0 Å². The van der Waals surface area contributed by atoms with E-state index < -0.39 is 0 Å². The Labute approximate surface area is 93.0 Å². The maximum Gasteiger partial charge on any atom is 0.0305 e. The summed E-state index contributed by atoms with van der Waals surface area (Å²) in [4.78, 5) is 0. The summed E-state index contributed by atoms with van der Waals surface area (Å²) in [6.45, 7) is 4.52. The van der Waals surface area contributed by atoms with Crippen molar-refractivity contribution >= 4 is 6.08 Å². The fraction of sp³-hybridized carbons (Fsp3) is 0.400. The highest BCUT2D eigenvalue weighted by molar-refractivity contribution is 5.73. The summed E-state index contributed by atoms with van der Waals surface area (Å²) in [5.74, 6) is 1.59. The summed E-state index contributed by atoms with van der Waals surface area (Å²) in [5.41, 5.74) is 4.47. The van der Waals surface area contributed by atoms with Crippen LogP contribution in [-0.2, 0) is 0 Å². The van der Waals surface area contributed by atoms with Gasteiger partial charge in [-0.25, -0.2) is 0 Å². The second-order valence-electron chi connectivity index (χ2n) is 4.24. The molecule has 79 valence electrons. The van der Waals surface area contributed by atoms with Crippen LogP contribution < -0.4 is 0 Å². The molecule has 15 heavy (non-hydrogen) atoms. The number of hydrogen-bond acceptors (Lipinski definition) is 0. The van der Waals surface area contributed by atoms with Crippen molar-refractivity contribution < 1.29 is 0 Å². The SMILES string of the molecule is CCC[C]1C(CCC)=Cc2ccccc21. The first-order valence-electron chi connectivity index (χ1n) is 6.03. The first-order valence-corrected chi connectivity index (χ1v) is 6.03. The van der Waals surface area contributed by atoms with Gasteiger partial charge in [-0.3, -0.25) is 0 Å². The Hall–Kier alpha value is -1.04. The second-order valence-corrected chi connectivity index (χ2v) is 4.24. The Morgan fingerprint density at radius 2 is 1.67 bits per heavy atom. The van der Waals surface area contributed by atoms with Gasteiger partial charge < -0.3 is 0 Å². The van der Waals surface area contributed by atoms with Crippen LogP contribution in [0.25, 0.3) is 6.08 Å². The maximum atomic E-state index is 2.38. The highest BCUT2D eigenvalue weighted by Crippen LogP contribution is 2.40. The van der Waals surface area contributed by atoms with Gasteiger partial charge in [-0.05, 0) is 24.0 Å². The number of fused-ring (bicyclic) bond motifs is 1. The number of rotatable bonds is 4. The minimum atomic E-state index is 1.23. The monoisotopic (exact) mass is 199 g/mol. The molecule has 0 heteroatoms. The zero-order valence-corrected chi connectivity index (χ0v) is 9.72. The average Bonchev–Trinajstić information content (AvgIpc) is 2.59. The van der Waals surface area contributed by atoms with Gasteiger partial charge in [-0.2, -0.15) is 0 Å². The van der Waals surface area contributed by atoms with Crippen LogP contribution in [0, 0.1) is 5.92 Å². The lowest BCUT2D eigenvalue weighted by molar-refractivity contribution is 0.804. The molecule has 0 aliphatic heterocycles. The predicted octanol–water partition coefficient (Wildman–Crippen LogP) is 4.61. The van der Waals surface area contributed by atoms with Crippen LogP contribution in [0.2, 0.25) is 0 Å². The molecule has 0 bridgehead atoms. The van der Waals surface area contributed by atoms with Gasteiger partial charge in [0.2, 0.25) is 0 Å². The number of hydrogen-bond donors (Lipinski definition) is 0. The molecule has 0 saturated heterocycles. The van der Waals surface area contributed by atoms with E-state index in [1.54, 1.807) is 11.5 Å². The molecule has 1 aliphatic carbocycles. The van der Waals surface area contributed by atoms with Gasteiger partial charge in [0.25, 0.3) is 0 Å². The van der Waals surface area contributed by atoms with E-state index in [0.29, 0.717) is 0 Å². The predicted molar refractivity (Wildman–Crippen MR) is 66.6 cm³/mol. The maximum absolute atomic E-state index is 2.38. The van der Waals surface area contributed by atoms with Crippen molar-refractivity contribution in [1.29, 1.82) is 0 Å². The van der Waals surface area contributed by atoms with Gasteiger partial charge in [0.05, 0.1) is 0 Å². The normalized spacial score (nSPS) is 15.2. The van der Waals surface area contributed by atoms with Gasteiger partial charge in [0, 0.05) is 5.92 Å². The summed E-state index contributed by atoms with van der Waals surface area (Å²) in [5, 5.41) is 0. The fourth-order valence-corrected chi connectivity index (χ4v) is 2.38. The summed E-state index contributed by atoms with van der Waals surface area (Å²) in [6.07, 6.45) is 7.31. The summed E-state index contributed by atoms with van der Waals surface area (Å²) in [6, 6.07) is 8.78. The van der Waals surface area contributed by atoms with E-state index in [2.05, 4.69) is 44.2 Å². The fourth-order valence-electron chi connectivity index (χ4n) is 2.38. The zero-order chi connectivity index (χ0) is 10.7. The third-order valence-corrected chi connectivity index (χ3v) is 3.02. The van der Waals surface area contributed by atoms with E-state index in [1.165, 1.54) is 36.8 Å². The molecular formula is C15H19.